The fourth-order valence-corrected chi connectivity index (χ4v) is 1.58. The Kier molecular flexibility index (Phi) is 4.77. The summed E-state index contributed by atoms with van der Waals surface area (Å²) in [6, 6.07) is 8.10. The van der Waals surface area contributed by atoms with E-state index in [2.05, 4.69) is 6.07 Å². The minimum atomic E-state index is 0.0755. The van der Waals surface area contributed by atoms with E-state index in [4.69, 9.17) is 0 Å². The lowest BCUT2D eigenvalue weighted by Crippen LogP contribution is -2.28. The van der Waals surface area contributed by atoms with E-state index < -0.39 is 0 Å². The molecule has 0 bridgehead atoms. The number of aryl methyl sites for hydroxylation is 1. The first-order chi connectivity index (χ1) is 7.67. The Hall–Kier alpha value is -1.57. The first-order valence-corrected chi connectivity index (χ1v) is 5.71. The van der Waals surface area contributed by atoms with Crippen molar-refractivity contribution in [3.63, 3.8) is 0 Å². The van der Waals surface area contributed by atoms with Crippen LogP contribution in [0.3, 0.4) is 0 Å². The van der Waals surface area contributed by atoms with Crippen LogP contribution in [0.25, 0.3) is 6.08 Å². The van der Waals surface area contributed by atoms with Crippen LogP contribution in [0.15, 0.2) is 30.3 Å². The molecule has 0 aliphatic rings. The summed E-state index contributed by atoms with van der Waals surface area (Å²) in [7, 11) is 0. The van der Waals surface area contributed by atoms with Crippen LogP contribution in [0.5, 0.6) is 0 Å². The van der Waals surface area contributed by atoms with E-state index in [9.17, 15) is 4.79 Å². The van der Waals surface area contributed by atoms with Crippen LogP contribution >= 0.6 is 0 Å². The monoisotopic (exact) mass is 217 g/mol. The van der Waals surface area contributed by atoms with Gasteiger partial charge in [-0.3, -0.25) is 4.79 Å². The molecule has 0 atom stereocenters. The van der Waals surface area contributed by atoms with Gasteiger partial charge in [-0.15, -0.1) is 0 Å². The minimum Gasteiger partial charge on any atom is -0.340 e. The smallest absolute Gasteiger partial charge is 0.246 e. The summed E-state index contributed by atoms with van der Waals surface area (Å²) in [4.78, 5) is 13.5. The SMILES string of the molecule is CCN(CC)C(=O)/C=C\c1cccc(C)c1. The fourth-order valence-electron chi connectivity index (χ4n) is 1.58. The van der Waals surface area contributed by atoms with Crippen molar-refractivity contribution in [2.24, 2.45) is 0 Å². The van der Waals surface area contributed by atoms with Gasteiger partial charge in [0.15, 0.2) is 0 Å². The van der Waals surface area contributed by atoms with E-state index in [0.717, 1.165) is 18.7 Å². The first kappa shape index (κ1) is 12.5. The molecule has 0 fully saturated rings. The number of hydrogen-bond acceptors (Lipinski definition) is 1. The zero-order valence-electron chi connectivity index (χ0n) is 10.2. The van der Waals surface area contributed by atoms with E-state index >= 15 is 0 Å². The molecule has 86 valence electrons. The largest absolute Gasteiger partial charge is 0.340 e. The number of amides is 1. The van der Waals surface area contributed by atoms with Crippen LogP contribution in [-0.4, -0.2) is 23.9 Å². The van der Waals surface area contributed by atoms with Gasteiger partial charge in [0.05, 0.1) is 0 Å². The highest BCUT2D eigenvalue weighted by atomic mass is 16.2. The molecule has 1 aromatic carbocycles. The predicted octanol–water partition coefficient (Wildman–Crippen LogP) is 2.88. The van der Waals surface area contributed by atoms with Crippen molar-refractivity contribution >= 4 is 12.0 Å². The second-order valence-electron chi connectivity index (χ2n) is 3.76. The van der Waals surface area contributed by atoms with E-state index in [1.807, 2.05) is 45.0 Å². The highest BCUT2D eigenvalue weighted by molar-refractivity contribution is 5.91. The molecule has 0 aliphatic heterocycles. The van der Waals surface area contributed by atoms with Crippen molar-refractivity contribution in [2.45, 2.75) is 20.8 Å². The molecule has 2 nitrogen and oxygen atoms in total. The molecular formula is C14H19NO. The molecule has 0 spiro atoms. The summed E-state index contributed by atoms with van der Waals surface area (Å²) in [5.74, 6) is 0.0755. The summed E-state index contributed by atoms with van der Waals surface area (Å²) in [6.07, 6.45) is 3.51. The van der Waals surface area contributed by atoms with Crippen molar-refractivity contribution in [2.75, 3.05) is 13.1 Å². The van der Waals surface area contributed by atoms with Gasteiger partial charge >= 0.3 is 0 Å². The van der Waals surface area contributed by atoms with Gasteiger partial charge in [-0.2, -0.15) is 0 Å². The summed E-state index contributed by atoms with van der Waals surface area (Å²) >= 11 is 0. The molecule has 1 amide bonds. The third-order valence-corrected chi connectivity index (χ3v) is 2.54. The molecule has 2 heteroatoms. The first-order valence-electron chi connectivity index (χ1n) is 5.71. The number of rotatable bonds is 4. The van der Waals surface area contributed by atoms with E-state index in [1.165, 1.54) is 5.56 Å². The number of carbonyl (C=O) groups excluding carboxylic acids is 1. The van der Waals surface area contributed by atoms with Crippen LogP contribution < -0.4 is 0 Å². The van der Waals surface area contributed by atoms with Crippen LogP contribution in [-0.2, 0) is 4.79 Å². The zero-order chi connectivity index (χ0) is 12.0. The van der Waals surface area contributed by atoms with Gasteiger partial charge in [-0.1, -0.05) is 29.8 Å². The lowest BCUT2D eigenvalue weighted by molar-refractivity contribution is -0.125. The second-order valence-corrected chi connectivity index (χ2v) is 3.76. The molecular weight excluding hydrogens is 198 g/mol. The lowest BCUT2D eigenvalue weighted by Gasteiger charge is -2.15. The van der Waals surface area contributed by atoms with Crippen LogP contribution in [0.1, 0.15) is 25.0 Å². The van der Waals surface area contributed by atoms with Crippen molar-refractivity contribution in [3.05, 3.63) is 41.5 Å². The number of benzene rings is 1. The summed E-state index contributed by atoms with van der Waals surface area (Å²) < 4.78 is 0. The van der Waals surface area contributed by atoms with Crippen molar-refractivity contribution in [1.82, 2.24) is 4.90 Å². The van der Waals surface area contributed by atoms with Gasteiger partial charge in [0.25, 0.3) is 0 Å². The van der Waals surface area contributed by atoms with Gasteiger partial charge in [0.1, 0.15) is 0 Å². The molecule has 0 heterocycles. The molecule has 1 rings (SSSR count). The highest BCUT2D eigenvalue weighted by Gasteiger charge is 2.03. The van der Waals surface area contributed by atoms with Gasteiger partial charge in [0.2, 0.25) is 5.91 Å². The standard InChI is InChI=1S/C14H19NO/c1-4-15(5-2)14(16)10-9-13-8-6-7-12(3)11-13/h6-11H,4-5H2,1-3H3/b10-9-. The number of hydrogen-bond donors (Lipinski definition) is 0. The third-order valence-electron chi connectivity index (χ3n) is 2.54. The third kappa shape index (κ3) is 3.54. The maximum Gasteiger partial charge on any atom is 0.246 e. The topological polar surface area (TPSA) is 20.3 Å². The van der Waals surface area contributed by atoms with Gasteiger partial charge in [0, 0.05) is 19.2 Å². The summed E-state index contributed by atoms with van der Waals surface area (Å²) in [5, 5.41) is 0. The molecule has 1 aromatic rings. The molecule has 0 N–H and O–H groups in total. The average Bonchev–Trinajstić information content (AvgIpc) is 2.28. The number of nitrogens with zero attached hydrogens (tertiary/aromatic N) is 1. The molecule has 16 heavy (non-hydrogen) atoms. The Morgan fingerprint density at radius 3 is 2.56 bits per heavy atom. The van der Waals surface area contributed by atoms with Crippen LogP contribution in [0.2, 0.25) is 0 Å². The van der Waals surface area contributed by atoms with E-state index in [0.29, 0.717) is 0 Å². The minimum absolute atomic E-state index is 0.0755. The van der Waals surface area contributed by atoms with Crippen LogP contribution in [0, 0.1) is 6.92 Å². The number of likely N-dealkylation sites (N-methyl/N-ethyl adjacent to an activating group) is 1. The second kappa shape index (κ2) is 6.11. The molecule has 0 saturated carbocycles. The van der Waals surface area contributed by atoms with Crippen molar-refractivity contribution < 1.29 is 4.79 Å². The van der Waals surface area contributed by atoms with Gasteiger partial charge < -0.3 is 4.90 Å². The van der Waals surface area contributed by atoms with Crippen LogP contribution in [0.4, 0.5) is 0 Å². The van der Waals surface area contributed by atoms with Crippen molar-refractivity contribution in [1.29, 1.82) is 0 Å². The summed E-state index contributed by atoms with van der Waals surface area (Å²) in [6.45, 7) is 7.54. The normalized spacial score (nSPS) is 10.7. The Morgan fingerprint density at radius 2 is 2.00 bits per heavy atom. The quantitative estimate of drug-likeness (QED) is 0.710. The van der Waals surface area contributed by atoms with Gasteiger partial charge in [-0.25, -0.2) is 0 Å². The fraction of sp³-hybridized carbons (Fsp3) is 0.357. The molecule has 0 aliphatic carbocycles. The molecule has 0 aromatic heterocycles. The van der Waals surface area contributed by atoms with E-state index in [1.54, 1.807) is 11.0 Å². The molecule has 0 unspecified atom stereocenters. The Morgan fingerprint density at radius 1 is 1.31 bits per heavy atom. The molecule has 0 saturated heterocycles. The average molecular weight is 217 g/mol. The number of carbonyl (C=O) groups is 1. The summed E-state index contributed by atoms with van der Waals surface area (Å²) in [5.41, 5.74) is 2.28. The Labute approximate surface area is 97.6 Å². The maximum atomic E-state index is 11.7. The molecule has 0 radical (unpaired) electrons. The van der Waals surface area contributed by atoms with E-state index in [-0.39, 0.29) is 5.91 Å². The Balaban J connectivity index is 2.70. The lowest BCUT2D eigenvalue weighted by atomic mass is 10.1. The zero-order valence-corrected chi connectivity index (χ0v) is 10.2. The van der Waals surface area contributed by atoms with Crippen molar-refractivity contribution in [3.8, 4) is 0 Å². The highest BCUT2D eigenvalue weighted by Crippen LogP contribution is 2.06. The van der Waals surface area contributed by atoms with Gasteiger partial charge in [-0.05, 0) is 32.4 Å². The maximum absolute atomic E-state index is 11.7. The Bertz CT molecular complexity index is 378. The predicted molar refractivity (Wildman–Crippen MR) is 68.1 cm³/mol.